The Labute approximate surface area is 93.1 Å². The van der Waals surface area contributed by atoms with Gasteiger partial charge in [0, 0.05) is 13.0 Å². The Morgan fingerprint density at radius 1 is 1.40 bits per heavy atom. The summed E-state index contributed by atoms with van der Waals surface area (Å²) in [6.07, 6.45) is 3.50. The molecule has 3 heteroatoms. The van der Waals surface area contributed by atoms with Crippen molar-refractivity contribution >= 4 is 6.29 Å². The Hall–Kier alpha value is -0.410. The van der Waals surface area contributed by atoms with Crippen LogP contribution in [0.4, 0.5) is 0 Å². The van der Waals surface area contributed by atoms with Gasteiger partial charge in [0.25, 0.3) is 0 Å². The molecule has 0 amide bonds. The van der Waals surface area contributed by atoms with E-state index in [9.17, 15) is 4.79 Å². The zero-order valence-electron chi connectivity index (χ0n) is 10.6. The van der Waals surface area contributed by atoms with Crippen molar-refractivity contribution in [2.24, 2.45) is 5.92 Å². The van der Waals surface area contributed by atoms with Crippen LogP contribution in [0.25, 0.3) is 0 Å². The molecule has 90 valence electrons. The van der Waals surface area contributed by atoms with E-state index in [1.54, 1.807) is 7.11 Å². The van der Waals surface area contributed by atoms with E-state index in [0.717, 1.165) is 19.1 Å². The van der Waals surface area contributed by atoms with Gasteiger partial charge in [-0.05, 0) is 19.8 Å². The number of aldehydes is 1. The second-order valence-electron chi connectivity index (χ2n) is 3.79. The number of hydrogen-bond acceptors (Lipinski definition) is 3. The highest BCUT2D eigenvalue weighted by molar-refractivity contribution is 5.51. The smallest absolute Gasteiger partial charge is 0.177 e. The lowest BCUT2D eigenvalue weighted by Crippen LogP contribution is -2.47. The molecule has 1 heterocycles. The van der Waals surface area contributed by atoms with Crippen molar-refractivity contribution in [1.29, 1.82) is 0 Å². The van der Waals surface area contributed by atoms with Crippen LogP contribution in [-0.4, -0.2) is 25.3 Å². The molecule has 3 atom stereocenters. The Morgan fingerprint density at radius 3 is 2.47 bits per heavy atom. The van der Waals surface area contributed by atoms with Gasteiger partial charge in [0.05, 0.1) is 12.5 Å². The van der Waals surface area contributed by atoms with Gasteiger partial charge in [-0.15, -0.1) is 0 Å². The molecule has 1 aliphatic rings. The molecule has 1 fully saturated rings. The molecule has 1 saturated heterocycles. The van der Waals surface area contributed by atoms with Gasteiger partial charge in [-0.3, -0.25) is 0 Å². The maximum absolute atomic E-state index is 10.5. The molecule has 1 aliphatic heterocycles. The van der Waals surface area contributed by atoms with Crippen LogP contribution in [0.2, 0.25) is 0 Å². The lowest BCUT2D eigenvalue weighted by Gasteiger charge is -2.42. The third-order valence-electron chi connectivity index (χ3n) is 2.87. The third-order valence-corrected chi connectivity index (χ3v) is 2.87. The van der Waals surface area contributed by atoms with Crippen LogP contribution >= 0.6 is 0 Å². The average molecular weight is 216 g/mol. The van der Waals surface area contributed by atoms with Crippen LogP contribution in [0.3, 0.4) is 0 Å². The van der Waals surface area contributed by atoms with Gasteiger partial charge in [-0.2, -0.15) is 0 Å². The molecule has 0 aliphatic carbocycles. The van der Waals surface area contributed by atoms with Gasteiger partial charge in [0.2, 0.25) is 0 Å². The zero-order chi connectivity index (χ0) is 11.9. The van der Waals surface area contributed by atoms with E-state index in [1.165, 1.54) is 0 Å². The first-order valence-corrected chi connectivity index (χ1v) is 5.81. The van der Waals surface area contributed by atoms with Crippen molar-refractivity contribution in [3.05, 3.63) is 0 Å². The van der Waals surface area contributed by atoms with E-state index in [0.29, 0.717) is 12.3 Å². The molecule has 3 unspecified atom stereocenters. The van der Waals surface area contributed by atoms with E-state index in [2.05, 4.69) is 6.92 Å². The van der Waals surface area contributed by atoms with E-state index in [-0.39, 0.29) is 6.10 Å². The second-order valence-corrected chi connectivity index (χ2v) is 3.79. The highest BCUT2D eigenvalue weighted by atomic mass is 16.7. The lowest BCUT2D eigenvalue weighted by atomic mass is 9.88. The fourth-order valence-electron chi connectivity index (χ4n) is 1.92. The summed E-state index contributed by atoms with van der Waals surface area (Å²) in [6, 6.07) is 0. The molecule has 0 aromatic rings. The van der Waals surface area contributed by atoms with Crippen molar-refractivity contribution in [3.63, 3.8) is 0 Å². The zero-order valence-corrected chi connectivity index (χ0v) is 10.6. The number of carbonyl (C=O) groups is 1. The lowest BCUT2D eigenvalue weighted by molar-refractivity contribution is -0.288. The number of methoxy groups -OCH3 is 1. The van der Waals surface area contributed by atoms with E-state index < -0.39 is 5.79 Å². The van der Waals surface area contributed by atoms with Crippen LogP contribution < -0.4 is 0 Å². The maximum atomic E-state index is 10.5. The summed E-state index contributed by atoms with van der Waals surface area (Å²) in [5.41, 5.74) is 0. The van der Waals surface area contributed by atoms with Crippen molar-refractivity contribution in [1.82, 2.24) is 0 Å². The number of rotatable bonds is 3. The highest BCUT2D eigenvalue weighted by Gasteiger charge is 2.41. The standard InChI is InChI=1S/C10H18O3.C2H6/c1-8-4-5-9(2)13-10(8,12-3)6-7-11;1-2/h7-9H,4-6H2,1-3H3;1-2H3. The minimum Gasteiger partial charge on any atom is -0.352 e. The molecule has 0 radical (unpaired) electrons. The predicted molar refractivity (Wildman–Crippen MR) is 60.7 cm³/mol. The molecule has 0 spiro atoms. The van der Waals surface area contributed by atoms with Crippen molar-refractivity contribution in [2.75, 3.05) is 7.11 Å². The van der Waals surface area contributed by atoms with Gasteiger partial charge < -0.3 is 14.3 Å². The minimum atomic E-state index is -0.667. The monoisotopic (exact) mass is 216 g/mol. The molecule has 0 aromatic carbocycles. The third kappa shape index (κ3) is 3.58. The summed E-state index contributed by atoms with van der Waals surface area (Å²) in [7, 11) is 1.61. The molecule has 0 aromatic heterocycles. The number of hydrogen-bond donors (Lipinski definition) is 0. The van der Waals surface area contributed by atoms with Crippen LogP contribution in [0, 0.1) is 5.92 Å². The SMILES string of the molecule is CC.COC1(CC=O)OC(C)CCC1C. The van der Waals surface area contributed by atoms with Crippen LogP contribution in [0.5, 0.6) is 0 Å². The van der Waals surface area contributed by atoms with Gasteiger partial charge in [0.15, 0.2) is 5.79 Å². The fourth-order valence-corrected chi connectivity index (χ4v) is 1.92. The molecular weight excluding hydrogens is 192 g/mol. The summed E-state index contributed by atoms with van der Waals surface area (Å²) in [5, 5.41) is 0. The first-order valence-electron chi connectivity index (χ1n) is 5.81. The van der Waals surface area contributed by atoms with Crippen LogP contribution in [0.1, 0.15) is 47.0 Å². The molecule has 1 rings (SSSR count). The highest BCUT2D eigenvalue weighted by Crippen LogP contribution is 2.36. The summed E-state index contributed by atoms with van der Waals surface area (Å²) >= 11 is 0. The van der Waals surface area contributed by atoms with Gasteiger partial charge in [-0.1, -0.05) is 20.8 Å². The van der Waals surface area contributed by atoms with Crippen LogP contribution in [-0.2, 0) is 14.3 Å². The summed E-state index contributed by atoms with van der Waals surface area (Å²) in [6.45, 7) is 8.09. The van der Waals surface area contributed by atoms with Gasteiger partial charge >= 0.3 is 0 Å². The molecule has 0 saturated carbocycles. The van der Waals surface area contributed by atoms with E-state index >= 15 is 0 Å². The molecule has 15 heavy (non-hydrogen) atoms. The number of ether oxygens (including phenoxy) is 2. The Balaban J connectivity index is 0.000000921. The van der Waals surface area contributed by atoms with Gasteiger partial charge in [0.1, 0.15) is 6.29 Å². The predicted octanol–water partition coefficient (Wildman–Crippen LogP) is 2.78. The summed E-state index contributed by atoms with van der Waals surface area (Å²) in [5.74, 6) is -0.377. The maximum Gasteiger partial charge on any atom is 0.177 e. The molecular formula is C12H24O3. The quantitative estimate of drug-likeness (QED) is 0.680. The molecule has 0 N–H and O–H groups in total. The average Bonchev–Trinajstić information content (AvgIpc) is 2.27. The topological polar surface area (TPSA) is 35.5 Å². The first-order chi connectivity index (χ1) is 7.14. The second kappa shape index (κ2) is 6.96. The van der Waals surface area contributed by atoms with Crippen LogP contribution in [0.15, 0.2) is 0 Å². The van der Waals surface area contributed by atoms with Crippen molar-refractivity contribution in [3.8, 4) is 0 Å². The van der Waals surface area contributed by atoms with E-state index in [4.69, 9.17) is 9.47 Å². The van der Waals surface area contributed by atoms with E-state index in [1.807, 2.05) is 20.8 Å². The summed E-state index contributed by atoms with van der Waals surface area (Å²) in [4.78, 5) is 10.5. The number of carbonyl (C=O) groups excluding carboxylic acids is 1. The Morgan fingerprint density at radius 2 is 2.00 bits per heavy atom. The molecule has 0 bridgehead atoms. The minimum absolute atomic E-state index is 0.191. The Bertz CT molecular complexity index is 182. The van der Waals surface area contributed by atoms with Gasteiger partial charge in [-0.25, -0.2) is 0 Å². The largest absolute Gasteiger partial charge is 0.352 e. The van der Waals surface area contributed by atoms with Crippen molar-refractivity contribution in [2.45, 2.75) is 58.8 Å². The van der Waals surface area contributed by atoms with Crippen molar-refractivity contribution < 1.29 is 14.3 Å². The first kappa shape index (κ1) is 14.6. The Kier molecular flexibility index (Phi) is 6.77. The molecule has 3 nitrogen and oxygen atoms in total. The summed E-state index contributed by atoms with van der Waals surface area (Å²) < 4.78 is 11.1. The normalized spacial score (nSPS) is 35.3. The fraction of sp³-hybridized carbons (Fsp3) is 0.917.